The highest BCUT2D eigenvalue weighted by molar-refractivity contribution is 5.74. The Morgan fingerprint density at radius 2 is 1.69 bits per heavy atom. The van der Waals surface area contributed by atoms with Gasteiger partial charge in [-0.1, -0.05) is 59.8 Å². The Balaban J connectivity index is 1.62. The molecule has 2 unspecified atom stereocenters. The summed E-state index contributed by atoms with van der Waals surface area (Å²) in [5.41, 5.74) is 2.29. The van der Waals surface area contributed by atoms with E-state index in [4.69, 9.17) is 9.63 Å². The van der Waals surface area contributed by atoms with Crippen molar-refractivity contribution in [2.24, 2.45) is 0 Å². The molecule has 0 aliphatic heterocycles. The van der Waals surface area contributed by atoms with E-state index >= 15 is 0 Å². The van der Waals surface area contributed by atoms with Crippen molar-refractivity contribution >= 4 is 5.97 Å². The molecular formula is C27H25F3N3O3+. The summed E-state index contributed by atoms with van der Waals surface area (Å²) in [4.78, 5) is 16.1. The number of nitrogens with one attached hydrogen (secondary N) is 1. The molecule has 0 aliphatic rings. The summed E-state index contributed by atoms with van der Waals surface area (Å²) in [6.07, 6.45) is -4.57. The van der Waals surface area contributed by atoms with Crippen LogP contribution < -0.4 is 4.90 Å². The number of carboxylic acids is 1. The van der Waals surface area contributed by atoms with E-state index in [2.05, 4.69) is 10.1 Å². The first-order valence-corrected chi connectivity index (χ1v) is 11.3. The second-order valence-corrected chi connectivity index (χ2v) is 8.76. The third kappa shape index (κ3) is 5.31. The molecule has 1 heterocycles. The largest absolute Gasteiger partial charge is 0.477 e. The molecule has 0 saturated carbocycles. The molecule has 6 nitrogen and oxygen atoms in total. The molecular weight excluding hydrogens is 471 g/mol. The van der Waals surface area contributed by atoms with Gasteiger partial charge < -0.3 is 14.5 Å². The van der Waals surface area contributed by atoms with E-state index in [0.717, 1.165) is 22.1 Å². The van der Waals surface area contributed by atoms with Crippen LogP contribution in [0.3, 0.4) is 0 Å². The number of alkyl halides is 3. The van der Waals surface area contributed by atoms with Gasteiger partial charge >= 0.3 is 12.1 Å². The molecule has 0 fully saturated rings. The van der Waals surface area contributed by atoms with Gasteiger partial charge in [0.1, 0.15) is 6.04 Å². The smallest absolute Gasteiger partial charge is 0.417 e. The Morgan fingerprint density at radius 1 is 1.03 bits per heavy atom. The molecule has 0 aliphatic carbocycles. The topological polar surface area (TPSA) is 80.7 Å². The number of hydrogen-bond donors (Lipinski definition) is 2. The summed E-state index contributed by atoms with van der Waals surface area (Å²) < 4.78 is 47.2. The van der Waals surface area contributed by atoms with Crippen molar-refractivity contribution in [3.05, 3.63) is 83.4 Å². The highest BCUT2D eigenvalue weighted by Gasteiger charge is 2.34. The van der Waals surface area contributed by atoms with Gasteiger partial charge in [0.2, 0.25) is 5.82 Å². The van der Waals surface area contributed by atoms with Gasteiger partial charge in [0.05, 0.1) is 12.6 Å². The van der Waals surface area contributed by atoms with Crippen LogP contribution in [0.4, 0.5) is 13.2 Å². The molecule has 0 saturated heterocycles. The maximum absolute atomic E-state index is 14.0. The van der Waals surface area contributed by atoms with Crippen molar-refractivity contribution in [3.63, 3.8) is 0 Å². The van der Waals surface area contributed by atoms with Gasteiger partial charge in [0.25, 0.3) is 5.89 Å². The number of likely N-dealkylation sites (N-methyl/N-ethyl adjacent to an activating group) is 1. The maximum Gasteiger partial charge on any atom is 0.417 e. The number of benzene rings is 3. The van der Waals surface area contributed by atoms with E-state index in [0.29, 0.717) is 11.1 Å². The molecule has 0 spiro atoms. The molecule has 4 rings (SSSR count). The Bertz CT molecular complexity index is 1380. The minimum Gasteiger partial charge on any atom is -0.477 e. The minimum absolute atomic E-state index is 0.0142. The normalized spacial score (nSPS) is 13.4. The van der Waals surface area contributed by atoms with Crippen molar-refractivity contribution in [2.75, 3.05) is 13.6 Å². The SMILES string of the molecule is Cc1ccccc1-c1ccc(-c2nc(-c3ccc(C(C)[NH+](C)CC(=O)O)cc3)no2)cc1C(F)(F)F. The summed E-state index contributed by atoms with van der Waals surface area (Å²) in [5.74, 6) is -0.655. The van der Waals surface area contributed by atoms with Crippen LogP contribution in [0.5, 0.6) is 0 Å². The lowest BCUT2D eigenvalue weighted by Gasteiger charge is -2.20. The van der Waals surface area contributed by atoms with Crippen molar-refractivity contribution in [1.29, 1.82) is 0 Å². The highest BCUT2D eigenvalue weighted by atomic mass is 19.4. The molecule has 4 aromatic rings. The molecule has 9 heteroatoms. The van der Waals surface area contributed by atoms with E-state index in [-0.39, 0.29) is 35.4 Å². The third-order valence-electron chi connectivity index (χ3n) is 6.27. The second kappa shape index (κ2) is 9.94. The summed E-state index contributed by atoms with van der Waals surface area (Å²) in [7, 11) is 1.80. The molecule has 2 atom stereocenters. The molecule has 2 N–H and O–H groups in total. The zero-order chi connectivity index (χ0) is 26.0. The first-order chi connectivity index (χ1) is 17.0. The number of halogens is 3. The lowest BCUT2D eigenvalue weighted by atomic mass is 9.94. The fraction of sp³-hybridized carbons (Fsp3) is 0.222. The van der Waals surface area contributed by atoms with Crippen molar-refractivity contribution in [1.82, 2.24) is 10.1 Å². The number of carboxylic acid groups (broad SMARTS) is 1. The fourth-order valence-corrected chi connectivity index (χ4v) is 4.08. The van der Waals surface area contributed by atoms with Gasteiger partial charge in [-0.25, -0.2) is 4.79 Å². The van der Waals surface area contributed by atoms with Crippen LogP contribution in [0.1, 0.15) is 29.7 Å². The lowest BCUT2D eigenvalue weighted by molar-refractivity contribution is -0.902. The van der Waals surface area contributed by atoms with E-state index in [9.17, 15) is 18.0 Å². The summed E-state index contributed by atoms with van der Waals surface area (Å²) >= 11 is 0. The third-order valence-corrected chi connectivity index (χ3v) is 6.27. The molecule has 0 amide bonds. The maximum atomic E-state index is 14.0. The number of aromatic nitrogens is 2. The average molecular weight is 497 g/mol. The van der Waals surface area contributed by atoms with E-state index in [1.165, 1.54) is 6.07 Å². The summed E-state index contributed by atoms with van der Waals surface area (Å²) in [5, 5.41) is 13.0. The number of aliphatic carboxylic acids is 1. The van der Waals surface area contributed by atoms with Crippen molar-refractivity contribution in [3.8, 4) is 34.0 Å². The van der Waals surface area contributed by atoms with Crippen LogP contribution in [0.15, 0.2) is 71.3 Å². The fourth-order valence-electron chi connectivity index (χ4n) is 4.08. The first-order valence-electron chi connectivity index (χ1n) is 11.3. The monoisotopic (exact) mass is 496 g/mol. The zero-order valence-corrected chi connectivity index (χ0v) is 19.9. The van der Waals surface area contributed by atoms with Crippen LogP contribution >= 0.6 is 0 Å². The molecule has 0 bridgehead atoms. The standard InChI is InChI=1S/C27H24F3N3O3/c1-16-6-4-5-7-21(16)22-13-12-20(14-23(22)27(28,29)30)26-31-25(32-36-26)19-10-8-18(9-11-19)17(2)33(3)15-24(34)35/h4-14,17H,15H2,1-3H3,(H,34,35)/p+1. The Morgan fingerprint density at radius 3 is 2.33 bits per heavy atom. The Kier molecular flexibility index (Phi) is 6.94. The van der Waals surface area contributed by atoms with E-state index in [1.807, 2.05) is 19.1 Å². The van der Waals surface area contributed by atoms with E-state index in [1.54, 1.807) is 56.4 Å². The van der Waals surface area contributed by atoms with Crippen LogP contribution in [0.2, 0.25) is 0 Å². The van der Waals surface area contributed by atoms with Crippen molar-refractivity contribution in [2.45, 2.75) is 26.1 Å². The predicted octanol–water partition coefficient (Wildman–Crippen LogP) is 5.06. The number of nitrogens with zero attached hydrogens (tertiary/aromatic N) is 2. The van der Waals surface area contributed by atoms with Gasteiger partial charge in [-0.3, -0.25) is 0 Å². The summed E-state index contributed by atoms with van der Waals surface area (Å²) in [6, 6.07) is 18.1. The van der Waals surface area contributed by atoms with Crippen LogP contribution in [-0.2, 0) is 11.0 Å². The number of rotatable bonds is 7. The second-order valence-electron chi connectivity index (χ2n) is 8.76. The number of carbonyl (C=O) groups is 1. The first kappa shape index (κ1) is 25.1. The number of aryl methyl sites for hydroxylation is 1. The average Bonchev–Trinajstić information content (AvgIpc) is 3.33. The Labute approximate surface area is 206 Å². The predicted molar refractivity (Wildman–Crippen MR) is 128 cm³/mol. The lowest BCUT2D eigenvalue weighted by Crippen LogP contribution is -3.09. The quantitative estimate of drug-likeness (QED) is 0.374. The van der Waals surface area contributed by atoms with Gasteiger partial charge in [0.15, 0.2) is 6.54 Å². The van der Waals surface area contributed by atoms with Crippen LogP contribution in [-0.4, -0.2) is 34.8 Å². The number of hydrogen-bond acceptors (Lipinski definition) is 4. The van der Waals surface area contributed by atoms with Crippen LogP contribution in [0.25, 0.3) is 34.0 Å². The molecule has 0 radical (unpaired) electrons. The molecule has 3 aromatic carbocycles. The molecule has 1 aromatic heterocycles. The van der Waals surface area contributed by atoms with Gasteiger partial charge in [-0.05, 0) is 42.7 Å². The van der Waals surface area contributed by atoms with Crippen molar-refractivity contribution < 1.29 is 32.5 Å². The number of quaternary nitrogens is 1. The van der Waals surface area contributed by atoms with Gasteiger partial charge in [-0.2, -0.15) is 18.2 Å². The molecule has 36 heavy (non-hydrogen) atoms. The highest BCUT2D eigenvalue weighted by Crippen LogP contribution is 2.40. The molecule has 186 valence electrons. The van der Waals surface area contributed by atoms with Crippen LogP contribution in [0, 0.1) is 6.92 Å². The Hall–Kier alpha value is -3.98. The summed E-state index contributed by atoms with van der Waals surface area (Å²) in [6.45, 7) is 3.68. The van der Waals surface area contributed by atoms with Gasteiger partial charge in [0, 0.05) is 16.7 Å². The van der Waals surface area contributed by atoms with E-state index < -0.39 is 17.7 Å². The minimum atomic E-state index is -4.57. The zero-order valence-electron chi connectivity index (χ0n) is 19.9. The van der Waals surface area contributed by atoms with Gasteiger partial charge in [-0.15, -0.1) is 0 Å².